The zero-order valence-corrected chi connectivity index (χ0v) is 12.5. The molecule has 0 unspecified atom stereocenters. The summed E-state index contributed by atoms with van der Waals surface area (Å²) in [5.74, 6) is 0.0102. The van der Waals surface area contributed by atoms with Gasteiger partial charge in [-0.1, -0.05) is 0 Å². The molecular weight excluding hydrogens is 268 g/mol. The maximum Gasteiger partial charge on any atom is 0.281 e. The molecule has 0 fully saturated rings. The van der Waals surface area contributed by atoms with Crippen LogP contribution in [-0.2, 0) is 28.5 Å². The predicted octanol–water partition coefficient (Wildman–Crippen LogP) is -0.228. The van der Waals surface area contributed by atoms with Gasteiger partial charge in [-0.05, 0) is 0 Å². The summed E-state index contributed by atoms with van der Waals surface area (Å²) in [6.45, 7) is 1.21. The van der Waals surface area contributed by atoms with Gasteiger partial charge in [-0.2, -0.15) is 17.0 Å². The number of hydrogen-bond acceptors (Lipinski definition) is 4. The number of imidazole rings is 1. The van der Waals surface area contributed by atoms with Gasteiger partial charge in [-0.3, -0.25) is 0 Å². The second-order valence-corrected chi connectivity index (χ2v) is 7.06. The maximum absolute atomic E-state index is 12.2. The molecule has 1 aromatic heterocycles. The van der Waals surface area contributed by atoms with Gasteiger partial charge in [0.1, 0.15) is 0 Å². The van der Waals surface area contributed by atoms with Gasteiger partial charge in [0.2, 0.25) is 0 Å². The fraction of sp³-hybridized carbons (Fsp3) is 0.727. The van der Waals surface area contributed by atoms with Crippen LogP contribution in [0.5, 0.6) is 0 Å². The molecule has 0 aliphatic carbocycles. The van der Waals surface area contributed by atoms with E-state index in [1.54, 1.807) is 13.4 Å². The first-order chi connectivity index (χ1) is 8.87. The molecule has 2 rings (SSSR count). The minimum absolute atomic E-state index is 0.0102. The monoisotopic (exact) mass is 288 g/mol. The van der Waals surface area contributed by atoms with Crippen molar-refractivity contribution in [1.82, 2.24) is 18.2 Å². The zero-order valence-electron chi connectivity index (χ0n) is 11.7. The Morgan fingerprint density at radius 3 is 2.79 bits per heavy atom. The molecule has 0 bridgehead atoms. The molecule has 1 aromatic rings. The summed E-state index contributed by atoms with van der Waals surface area (Å²) in [7, 11) is 3.19. The molecule has 1 aliphatic heterocycles. The van der Waals surface area contributed by atoms with Crippen molar-refractivity contribution >= 4 is 10.2 Å². The molecule has 1 atom stereocenters. The van der Waals surface area contributed by atoms with Crippen molar-refractivity contribution in [3.05, 3.63) is 17.7 Å². The summed E-state index contributed by atoms with van der Waals surface area (Å²) in [5.41, 5.74) is 1.87. The summed E-state index contributed by atoms with van der Waals surface area (Å²) in [5, 5.41) is 0. The van der Waals surface area contributed by atoms with Crippen LogP contribution in [0, 0.1) is 0 Å². The molecule has 108 valence electrons. The molecule has 19 heavy (non-hydrogen) atoms. The Labute approximate surface area is 114 Å². The van der Waals surface area contributed by atoms with Gasteiger partial charge in [0, 0.05) is 46.4 Å². The zero-order chi connectivity index (χ0) is 14.2. The minimum atomic E-state index is -3.42. The van der Waals surface area contributed by atoms with Crippen LogP contribution in [0.2, 0.25) is 0 Å². The summed E-state index contributed by atoms with van der Waals surface area (Å²) in [4.78, 5) is 4.29. The molecule has 0 radical (unpaired) electrons. The van der Waals surface area contributed by atoms with Gasteiger partial charge in [-0.25, -0.2) is 4.98 Å². The third kappa shape index (κ3) is 2.53. The van der Waals surface area contributed by atoms with Gasteiger partial charge in [0.05, 0.1) is 25.2 Å². The SMILES string of the molecule is COC[C@H]1CN(S(=O)(=O)N(C)C)Cc2ncn(C)c21. The highest BCUT2D eigenvalue weighted by Gasteiger charge is 2.35. The molecule has 7 nitrogen and oxygen atoms in total. The lowest BCUT2D eigenvalue weighted by molar-refractivity contribution is 0.158. The highest BCUT2D eigenvalue weighted by Crippen LogP contribution is 2.29. The van der Waals surface area contributed by atoms with E-state index in [0.717, 1.165) is 11.4 Å². The quantitative estimate of drug-likeness (QED) is 0.768. The number of methoxy groups -OCH3 is 1. The third-order valence-electron chi connectivity index (χ3n) is 3.35. The van der Waals surface area contributed by atoms with E-state index in [0.29, 0.717) is 19.7 Å². The van der Waals surface area contributed by atoms with Gasteiger partial charge in [-0.15, -0.1) is 0 Å². The highest BCUT2D eigenvalue weighted by molar-refractivity contribution is 7.86. The summed E-state index contributed by atoms with van der Waals surface area (Å²) >= 11 is 0. The van der Waals surface area contributed by atoms with E-state index in [1.807, 2.05) is 11.6 Å². The van der Waals surface area contributed by atoms with Crippen molar-refractivity contribution in [2.45, 2.75) is 12.5 Å². The Hall–Kier alpha value is -0.960. The van der Waals surface area contributed by atoms with Gasteiger partial charge < -0.3 is 9.30 Å². The molecule has 0 spiro atoms. The number of aromatic nitrogens is 2. The number of ether oxygens (including phenoxy) is 1. The van der Waals surface area contributed by atoms with Gasteiger partial charge in [0.15, 0.2) is 0 Å². The van der Waals surface area contributed by atoms with E-state index in [1.165, 1.54) is 22.7 Å². The molecule has 0 N–H and O–H groups in total. The van der Waals surface area contributed by atoms with Gasteiger partial charge >= 0.3 is 0 Å². The largest absolute Gasteiger partial charge is 0.384 e. The fourth-order valence-electron chi connectivity index (χ4n) is 2.44. The minimum Gasteiger partial charge on any atom is -0.384 e. The summed E-state index contributed by atoms with van der Waals surface area (Å²) in [6, 6.07) is 0. The Bertz CT molecular complexity index is 552. The first-order valence-electron chi connectivity index (χ1n) is 6.04. The Morgan fingerprint density at radius 1 is 1.53 bits per heavy atom. The molecule has 0 amide bonds. The van der Waals surface area contributed by atoms with Crippen LogP contribution in [-0.4, -0.2) is 60.9 Å². The first-order valence-corrected chi connectivity index (χ1v) is 7.44. The van der Waals surface area contributed by atoms with Crippen molar-refractivity contribution < 1.29 is 13.2 Å². The highest BCUT2D eigenvalue weighted by atomic mass is 32.2. The molecule has 0 aromatic carbocycles. The van der Waals surface area contributed by atoms with Crippen LogP contribution in [0.25, 0.3) is 0 Å². The van der Waals surface area contributed by atoms with Crippen LogP contribution in [0.4, 0.5) is 0 Å². The number of rotatable bonds is 4. The van der Waals surface area contributed by atoms with Gasteiger partial charge in [0.25, 0.3) is 10.2 Å². The maximum atomic E-state index is 12.2. The Morgan fingerprint density at radius 2 is 2.21 bits per heavy atom. The van der Waals surface area contributed by atoms with Crippen molar-refractivity contribution in [3.63, 3.8) is 0 Å². The topological polar surface area (TPSA) is 67.7 Å². The summed E-state index contributed by atoms with van der Waals surface area (Å²) in [6.07, 6.45) is 1.72. The van der Waals surface area contributed by atoms with E-state index >= 15 is 0 Å². The van der Waals surface area contributed by atoms with E-state index in [4.69, 9.17) is 4.74 Å². The van der Waals surface area contributed by atoms with Crippen LogP contribution in [0.15, 0.2) is 6.33 Å². The first kappa shape index (κ1) is 14.4. The van der Waals surface area contributed by atoms with Crippen molar-refractivity contribution in [1.29, 1.82) is 0 Å². The van der Waals surface area contributed by atoms with Crippen LogP contribution in [0.1, 0.15) is 17.3 Å². The summed E-state index contributed by atoms with van der Waals surface area (Å²) < 4.78 is 34.3. The molecule has 8 heteroatoms. The van der Waals surface area contributed by atoms with Crippen molar-refractivity contribution in [2.24, 2.45) is 7.05 Å². The molecule has 0 saturated carbocycles. The van der Waals surface area contributed by atoms with E-state index in [2.05, 4.69) is 4.98 Å². The number of fused-ring (bicyclic) bond motifs is 1. The predicted molar refractivity (Wildman–Crippen MR) is 70.8 cm³/mol. The smallest absolute Gasteiger partial charge is 0.281 e. The second-order valence-electron chi connectivity index (χ2n) is 4.92. The average molecular weight is 288 g/mol. The average Bonchev–Trinajstić information content (AvgIpc) is 2.71. The van der Waals surface area contributed by atoms with Crippen LogP contribution < -0.4 is 0 Å². The Kier molecular flexibility index (Phi) is 3.95. The standard InChI is InChI=1S/C11H20N4O3S/c1-13(2)19(16,17)15-5-9(7-18-4)11-10(6-15)12-8-14(11)3/h8-9H,5-7H2,1-4H3/t9-/m1/s1. The van der Waals surface area contributed by atoms with E-state index < -0.39 is 10.2 Å². The lowest BCUT2D eigenvalue weighted by Gasteiger charge is -2.33. The van der Waals surface area contributed by atoms with Crippen molar-refractivity contribution in [3.8, 4) is 0 Å². The van der Waals surface area contributed by atoms with Crippen LogP contribution in [0.3, 0.4) is 0 Å². The lowest BCUT2D eigenvalue weighted by atomic mass is 10.0. The second kappa shape index (κ2) is 5.20. The molecule has 0 saturated heterocycles. The third-order valence-corrected chi connectivity index (χ3v) is 5.21. The molecule has 2 heterocycles. The van der Waals surface area contributed by atoms with Crippen molar-refractivity contribution in [2.75, 3.05) is 34.4 Å². The van der Waals surface area contributed by atoms with E-state index in [-0.39, 0.29) is 5.92 Å². The molecule has 1 aliphatic rings. The van der Waals surface area contributed by atoms with Crippen LogP contribution >= 0.6 is 0 Å². The fourth-order valence-corrected chi connectivity index (χ4v) is 3.55. The number of aryl methyl sites for hydroxylation is 1. The molecular formula is C11H20N4O3S. The lowest BCUT2D eigenvalue weighted by Crippen LogP contribution is -2.45. The Balaban J connectivity index is 2.36. The number of nitrogens with zero attached hydrogens (tertiary/aromatic N) is 4. The van der Waals surface area contributed by atoms with E-state index in [9.17, 15) is 8.42 Å². The number of hydrogen-bond donors (Lipinski definition) is 0. The normalized spacial score (nSPS) is 20.8.